The van der Waals surface area contributed by atoms with Crippen LogP contribution in [0, 0.1) is 6.92 Å². The van der Waals surface area contributed by atoms with Crippen LogP contribution in [0.5, 0.6) is 0 Å². The molecule has 2 rings (SSSR count). The van der Waals surface area contributed by atoms with E-state index in [2.05, 4.69) is 4.98 Å². The van der Waals surface area contributed by atoms with Gasteiger partial charge in [0.1, 0.15) is 18.4 Å². The average Bonchev–Trinajstić information content (AvgIpc) is 3.11. The lowest BCUT2D eigenvalue weighted by molar-refractivity contribution is -0.0469. The number of aryl methyl sites for hydroxylation is 1. The van der Waals surface area contributed by atoms with Crippen LogP contribution in [0.4, 0.5) is 0 Å². The predicted octanol–water partition coefficient (Wildman–Crippen LogP) is 2.37. The van der Waals surface area contributed by atoms with Crippen molar-refractivity contribution in [1.29, 1.82) is 0 Å². The molecule has 33 heavy (non-hydrogen) atoms. The van der Waals surface area contributed by atoms with Crippen LogP contribution in [-0.2, 0) is 32.0 Å². The molecular weight excluding hydrogens is 482 g/mol. The highest BCUT2D eigenvalue weighted by Gasteiger charge is 2.43. The maximum Gasteiger partial charge on any atom is 0.472 e. The van der Waals surface area contributed by atoms with Crippen LogP contribution in [0.15, 0.2) is 15.8 Å². The Bertz CT molecular complexity index is 979. The average molecular weight is 514 g/mol. The third kappa shape index (κ3) is 8.86. The zero-order valence-electron chi connectivity index (χ0n) is 18.9. The molecule has 1 aromatic rings. The van der Waals surface area contributed by atoms with Gasteiger partial charge in [-0.05, 0) is 19.8 Å². The Morgan fingerprint density at radius 2 is 1.70 bits per heavy atom. The van der Waals surface area contributed by atoms with E-state index in [0.717, 1.165) is 17.4 Å². The largest absolute Gasteiger partial charge is 0.472 e. The predicted molar refractivity (Wildman–Crippen MR) is 117 cm³/mol. The van der Waals surface area contributed by atoms with Crippen molar-refractivity contribution >= 4 is 15.6 Å². The first kappa shape index (κ1) is 28.1. The summed E-state index contributed by atoms with van der Waals surface area (Å²) in [5.41, 5.74) is -1.06. The molecule has 190 valence electrons. The fourth-order valence-corrected chi connectivity index (χ4v) is 4.74. The Labute approximate surface area is 191 Å². The minimum atomic E-state index is -4.49. The fourth-order valence-electron chi connectivity index (χ4n) is 2.99. The van der Waals surface area contributed by atoms with E-state index in [1.54, 1.807) is 0 Å². The molecule has 13 nitrogen and oxygen atoms in total. The summed E-state index contributed by atoms with van der Waals surface area (Å²) in [5, 5.41) is 0. The summed E-state index contributed by atoms with van der Waals surface area (Å²) in [6.07, 6.45) is 0.547. The van der Waals surface area contributed by atoms with Gasteiger partial charge in [-0.15, -0.1) is 0 Å². The van der Waals surface area contributed by atoms with Gasteiger partial charge < -0.3 is 14.5 Å². The minimum absolute atomic E-state index is 0.00185. The molecule has 0 bridgehead atoms. The number of hydrogen-bond acceptors (Lipinski definition) is 9. The molecule has 1 aromatic heterocycles. The van der Waals surface area contributed by atoms with E-state index in [-0.39, 0.29) is 25.2 Å². The molecule has 0 aromatic carbocycles. The Hall–Kier alpha value is -1.14. The Morgan fingerprint density at radius 3 is 2.30 bits per heavy atom. The molecule has 2 heterocycles. The molecule has 15 heteroatoms. The van der Waals surface area contributed by atoms with E-state index in [9.17, 15) is 28.5 Å². The number of nitrogens with one attached hydrogen (secondary N) is 1. The van der Waals surface area contributed by atoms with Gasteiger partial charge in [-0.2, -0.15) is 0 Å². The van der Waals surface area contributed by atoms with E-state index in [1.165, 1.54) is 13.1 Å². The van der Waals surface area contributed by atoms with Gasteiger partial charge in [-0.3, -0.25) is 32.4 Å². The number of rotatable bonds is 14. The van der Waals surface area contributed by atoms with E-state index >= 15 is 0 Å². The van der Waals surface area contributed by atoms with E-state index in [1.807, 2.05) is 13.8 Å². The molecule has 0 saturated carbocycles. The van der Waals surface area contributed by atoms with Gasteiger partial charge >= 0.3 is 21.3 Å². The first-order valence-electron chi connectivity index (χ1n) is 10.7. The fraction of sp³-hybridized carbons (Fsp3) is 0.778. The Morgan fingerprint density at radius 1 is 1.09 bits per heavy atom. The summed E-state index contributed by atoms with van der Waals surface area (Å²) in [4.78, 5) is 45.9. The number of aromatic nitrogens is 2. The van der Waals surface area contributed by atoms with E-state index in [0.29, 0.717) is 12.8 Å². The quantitative estimate of drug-likeness (QED) is 0.245. The normalized spacial score (nSPS) is 24.5. The maximum atomic E-state index is 12.3. The molecular formula is C18H32N2O11P2. The Balaban J connectivity index is 2.17. The van der Waals surface area contributed by atoms with Crippen molar-refractivity contribution in [2.45, 2.75) is 71.3 Å². The molecule has 1 fully saturated rings. The van der Waals surface area contributed by atoms with Gasteiger partial charge in [0.2, 0.25) is 0 Å². The second-order valence-electron chi connectivity index (χ2n) is 7.59. The highest BCUT2D eigenvalue weighted by molar-refractivity contribution is 7.47. The van der Waals surface area contributed by atoms with Crippen molar-refractivity contribution in [2.24, 2.45) is 0 Å². The molecule has 5 atom stereocenters. The number of H-pyrrole nitrogens is 1. The van der Waals surface area contributed by atoms with Crippen LogP contribution in [0.1, 0.15) is 57.7 Å². The molecule has 0 amide bonds. The molecule has 1 aliphatic heterocycles. The zero-order chi connectivity index (χ0) is 24.6. The third-order valence-electron chi connectivity index (χ3n) is 4.81. The van der Waals surface area contributed by atoms with Crippen molar-refractivity contribution < 1.29 is 41.7 Å². The third-order valence-corrected chi connectivity index (χ3v) is 6.84. The lowest BCUT2D eigenvalue weighted by Crippen LogP contribution is -2.33. The number of phosphoric acid groups is 2. The van der Waals surface area contributed by atoms with Gasteiger partial charge in [-0.1, -0.05) is 26.7 Å². The topological polar surface area (TPSA) is 176 Å². The van der Waals surface area contributed by atoms with Crippen LogP contribution in [0.2, 0.25) is 0 Å². The van der Waals surface area contributed by atoms with Crippen LogP contribution in [0.25, 0.3) is 0 Å². The highest BCUT2D eigenvalue weighted by Crippen LogP contribution is 2.49. The first-order valence-corrected chi connectivity index (χ1v) is 13.7. The molecule has 0 radical (unpaired) electrons. The number of nitrogens with zero attached hydrogens (tertiary/aromatic N) is 1. The van der Waals surface area contributed by atoms with Gasteiger partial charge in [-0.25, -0.2) is 13.9 Å². The highest BCUT2D eigenvalue weighted by atomic mass is 31.2. The number of ether oxygens (including phenoxy) is 1. The standard InChI is InChI=1S/C18H32N2O11P2/c1-4-6-8-27-32(23,24)29-12-15-14(31-33(25,26)28-9-7-5-2)10-16(30-15)20-11-13(3)17(21)19-18(20)22/h11,14-16H,4-10,12H2,1-3H3,(H,23,24)(H,25,26)(H,19,21,22)/t14-,15-,16-/m1/s1. The summed E-state index contributed by atoms with van der Waals surface area (Å²) in [5.74, 6) is 0. The van der Waals surface area contributed by atoms with Crippen molar-refractivity contribution in [3.05, 3.63) is 32.6 Å². The van der Waals surface area contributed by atoms with Crippen LogP contribution in [0.3, 0.4) is 0 Å². The molecule has 0 aliphatic carbocycles. The molecule has 2 unspecified atom stereocenters. The summed E-state index contributed by atoms with van der Waals surface area (Å²) in [7, 11) is -8.89. The zero-order valence-corrected chi connectivity index (χ0v) is 20.7. The van der Waals surface area contributed by atoms with Crippen LogP contribution in [-0.4, -0.2) is 51.4 Å². The second kappa shape index (κ2) is 12.5. The van der Waals surface area contributed by atoms with Gasteiger partial charge in [0.25, 0.3) is 5.56 Å². The van der Waals surface area contributed by atoms with E-state index in [4.69, 9.17) is 22.8 Å². The van der Waals surface area contributed by atoms with Crippen molar-refractivity contribution in [1.82, 2.24) is 9.55 Å². The summed E-state index contributed by atoms with van der Waals surface area (Å²) < 4.78 is 51.3. The number of aromatic amines is 1. The van der Waals surface area contributed by atoms with Gasteiger partial charge in [0, 0.05) is 18.2 Å². The lowest BCUT2D eigenvalue weighted by atomic mass is 10.2. The van der Waals surface area contributed by atoms with Crippen LogP contribution >= 0.6 is 15.6 Å². The second-order valence-corrected chi connectivity index (χ2v) is 10.5. The molecule has 1 saturated heterocycles. The van der Waals surface area contributed by atoms with Crippen LogP contribution < -0.4 is 11.2 Å². The monoisotopic (exact) mass is 514 g/mol. The smallest absolute Gasteiger partial charge is 0.349 e. The molecule has 1 aliphatic rings. The number of hydrogen-bond donors (Lipinski definition) is 3. The van der Waals surface area contributed by atoms with Gasteiger partial charge in [0.05, 0.1) is 19.8 Å². The van der Waals surface area contributed by atoms with Crippen molar-refractivity contribution in [3.63, 3.8) is 0 Å². The number of phosphoric ester groups is 2. The molecule has 3 N–H and O–H groups in total. The summed E-state index contributed by atoms with van der Waals surface area (Å²) in [6.45, 7) is 4.76. The lowest BCUT2D eigenvalue weighted by Gasteiger charge is -2.22. The maximum absolute atomic E-state index is 12.3. The Kier molecular flexibility index (Phi) is 10.7. The summed E-state index contributed by atoms with van der Waals surface area (Å²) in [6, 6.07) is 0. The SMILES string of the molecule is CCCCOP(=O)(O)OC[C@H]1O[C@@H](n2cc(C)c(=O)[nH]c2=O)C[C@H]1OP(=O)(O)OCCCC. The number of unbranched alkanes of at least 4 members (excludes halogenated alkanes) is 2. The minimum Gasteiger partial charge on any atom is -0.349 e. The van der Waals surface area contributed by atoms with Crippen molar-refractivity contribution in [2.75, 3.05) is 19.8 Å². The first-order chi connectivity index (χ1) is 15.5. The van der Waals surface area contributed by atoms with Gasteiger partial charge in [0.15, 0.2) is 0 Å². The summed E-state index contributed by atoms with van der Waals surface area (Å²) >= 11 is 0. The molecule has 0 spiro atoms. The van der Waals surface area contributed by atoms with Crippen molar-refractivity contribution in [3.8, 4) is 0 Å². The van der Waals surface area contributed by atoms with E-state index < -0.39 is 51.9 Å².